The molecule has 5 heteroatoms. The second-order valence-corrected chi connectivity index (χ2v) is 1.90. The highest BCUT2D eigenvalue weighted by atomic mass is 16.1. The van der Waals surface area contributed by atoms with Crippen LogP contribution in [0.25, 0.3) is 0 Å². The summed E-state index contributed by atoms with van der Waals surface area (Å²) in [5.74, 6) is 0.132. The number of rotatable bonds is 3. The number of carbonyl (C=O) groups excluding carboxylic acids is 1. The van der Waals surface area contributed by atoms with Crippen LogP contribution < -0.4 is 0 Å². The predicted octanol–water partition coefficient (Wildman–Crippen LogP) is -0.348. The van der Waals surface area contributed by atoms with Crippen molar-refractivity contribution in [3.8, 4) is 0 Å². The molecule has 10 heavy (non-hydrogen) atoms. The molecule has 0 N–H and O–H groups in total. The Morgan fingerprint density at radius 3 is 3.00 bits per heavy atom. The van der Waals surface area contributed by atoms with Gasteiger partial charge >= 0.3 is 0 Å². The number of ketones is 1. The van der Waals surface area contributed by atoms with Gasteiger partial charge in [-0.1, -0.05) is 6.92 Å². The fourth-order valence-electron chi connectivity index (χ4n) is 0.545. The van der Waals surface area contributed by atoms with Crippen molar-refractivity contribution >= 4 is 5.78 Å². The Morgan fingerprint density at radius 2 is 2.50 bits per heavy atom. The Morgan fingerprint density at radius 1 is 1.70 bits per heavy atom. The van der Waals surface area contributed by atoms with Gasteiger partial charge in [0.05, 0.1) is 0 Å². The van der Waals surface area contributed by atoms with Crippen molar-refractivity contribution in [3.05, 3.63) is 6.33 Å². The molecule has 1 heterocycles. The van der Waals surface area contributed by atoms with Crippen molar-refractivity contribution in [2.75, 3.05) is 0 Å². The maximum atomic E-state index is 10.8. The minimum absolute atomic E-state index is 0.132. The molecule has 0 saturated heterocycles. The highest BCUT2D eigenvalue weighted by Crippen LogP contribution is 1.84. The third-order valence-corrected chi connectivity index (χ3v) is 1.12. The molecular weight excluding hydrogens is 132 g/mol. The SMILES string of the molecule is CCC(=O)Cn1cnnn1. The van der Waals surface area contributed by atoms with Crippen molar-refractivity contribution in [2.45, 2.75) is 19.9 Å². The van der Waals surface area contributed by atoms with Crippen molar-refractivity contribution in [2.24, 2.45) is 0 Å². The molecule has 1 rings (SSSR count). The van der Waals surface area contributed by atoms with Crippen molar-refractivity contribution in [1.82, 2.24) is 20.2 Å². The van der Waals surface area contributed by atoms with Gasteiger partial charge in [-0.2, -0.15) is 0 Å². The third-order valence-electron chi connectivity index (χ3n) is 1.12. The summed E-state index contributed by atoms with van der Waals surface area (Å²) in [4.78, 5) is 10.8. The Hall–Kier alpha value is -1.26. The van der Waals surface area contributed by atoms with Crippen LogP contribution in [0.5, 0.6) is 0 Å². The monoisotopic (exact) mass is 140 g/mol. The number of hydrogen-bond acceptors (Lipinski definition) is 4. The van der Waals surface area contributed by atoms with E-state index in [1.54, 1.807) is 0 Å². The first-order valence-electron chi connectivity index (χ1n) is 3.05. The molecule has 0 atom stereocenters. The molecule has 1 aromatic heterocycles. The molecule has 0 aliphatic rings. The lowest BCUT2D eigenvalue weighted by atomic mass is 10.3. The standard InChI is InChI=1S/C5H8N4O/c1-2-5(10)3-9-4-6-7-8-9/h4H,2-3H2,1H3. The molecular formula is C5H8N4O. The van der Waals surface area contributed by atoms with Gasteiger partial charge in [0.15, 0.2) is 5.78 Å². The molecule has 0 radical (unpaired) electrons. The Balaban J connectivity index is 2.48. The van der Waals surface area contributed by atoms with Gasteiger partial charge < -0.3 is 0 Å². The van der Waals surface area contributed by atoms with Crippen LogP contribution in [0.3, 0.4) is 0 Å². The Bertz CT molecular complexity index is 205. The summed E-state index contributed by atoms with van der Waals surface area (Å²) in [6.07, 6.45) is 1.95. The molecule has 0 amide bonds. The molecule has 0 saturated carbocycles. The first-order chi connectivity index (χ1) is 4.83. The minimum atomic E-state index is 0.132. The maximum absolute atomic E-state index is 10.8. The summed E-state index contributed by atoms with van der Waals surface area (Å²) < 4.78 is 1.41. The van der Waals surface area contributed by atoms with Gasteiger partial charge in [0.2, 0.25) is 0 Å². The van der Waals surface area contributed by atoms with E-state index in [4.69, 9.17) is 0 Å². The van der Waals surface area contributed by atoms with E-state index in [2.05, 4.69) is 15.5 Å². The van der Waals surface area contributed by atoms with Crippen molar-refractivity contribution in [1.29, 1.82) is 0 Å². The number of aromatic nitrogens is 4. The average Bonchev–Trinajstić information content (AvgIpc) is 2.40. The number of hydrogen-bond donors (Lipinski definition) is 0. The maximum Gasteiger partial charge on any atom is 0.154 e. The molecule has 0 bridgehead atoms. The third kappa shape index (κ3) is 1.61. The van der Waals surface area contributed by atoms with Crippen LogP contribution >= 0.6 is 0 Å². The zero-order valence-electron chi connectivity index (χ0n) is 5.69. The first-order valence-corrected chi connectivity index (χ1v) is 3.05. The van der Waals surface area contributed by atoms with Gasteiger partial charge in [-0.25, -0.2) is 4.68 Å². The van der Waals surface area contributed by atoms with Crippen LogP contribution in [-0.4, -0.2) is 26.0 Å². The van der Waals surface area contributed by atoms with E-state index in [1.807, 2.05) is 6.92 Å². The zero-order valence-corrected chi connectivity index (χ0v) is 5.69. The van der Waals surface area contributed by atoms with Crippen LogP contribution in [0, 0.1) is 0 Å². The van der Waals surface area contributed by atoms with E-state index in [1.165, 1.54) is 11.0 Å². The minimum Gasteiger partial charge on any atom is -0.298 e. The van der Waals surface area contributed by atoms with Gasteiger partial charge in [-0.3, -0.25) is 4.79 Å². The van der Waals surface area contributed by atoms with Crippen molar-refractivity contribution < 1.29 is 4.79 Å². The van der Waals surface area contributed by atoms with E-state index in [0.29, 0.717) is 6.42 Å². The number of nitrogens with zero attached hydrogens (tertiary/aromatic N) is 4. The van der Waals surface area contributed by atoms with E-state index in [0.717, 1.165) is 0 Å². The van der Waals surface area contributed by atoms with Crippen molar-refractivity contribution in [3.63, 3.8) is 0 Å². The van der Waals surface area contributed by atoms with E-state index < -0.39 is 0 Å². The summed E-state index contributed by atoms with van der Waals surface area (Å²) in [5.41, 5.74) is 0. The normalized spacial score (nSPS) is 9.70. The topological polar surface area (TPSA) is 60.7 Å². The molecule has 0 aliphatic carbocycles. The Kier molecular flexibility index (Phi) is 2.09. The smallest absolute Gasteiger partial charge is 0.154 e. The summed E-state index contributed by atoms with van der Waals surface area (Å²) >= 11 is 0. The van der Waals surface area contributed by atoms with Gasteiger partial charge in [0, 0.05) is 6.42 Å². The molecule has 0 aliphatic heterocycles. The second kappa shape index (κ2) is 3.05. The number of tetrazole rings is 1. The van der Waals surface area contributed by atoms with Crippen LogP contribution in [0.4, 0.5) is 0 Å². The van der Waals surface area contributed by atoms with Crippen LogP contribution in [-0.2, 0) is 11.3 Å². The largest absolute Gasteiger partial charge is 0.298 e. The number of Topliss-reactive ketones (excluding diaryl/α,β-unsaturated/α-hetero) is 1. The molecule has 0 spiro atoms. The van der Waals surface area contributed by atoms with E-state index >= 15 is 0 Å². The van der Waals surface area contributed by atoms with Gasteiger partial charge in [-0.15, -0.1) is 5.10 Å². The van der Waals surface area contributed by atoms with E-state index in [9.17, 15) is 4.79 Å². The summed E-state index contributed by atoms with van der Waals surface area (Å²) in [5, 5.41) is 10.3. The molecule has 0 fully saturated rings. The lowest BCUT2D eigenvalue weighted by Crippen LogP contribution is -2.09. The second-order valence-electron chi connectivity index (χ2n) is 1.90. The average molecular weight is 140 g/mol. The first kappa shape index (κ1) is 6.85. The summed E-state index contributed by atoms with van der Waals surface area (Å²) in [6, 6.07) is 0. The summed E-state index contributed by atoms with van der Waals surface area (Å²) in [7, 11) is 0. The predicted molar refractivity (Wildman–Crippen MR) is 33.1 cm³/mol. The summed E-state index contributed by atoms with van der Waals surface area (Å²) in [6.45, 7) is 2.09. The molecule has 5 nitrogen and oxygen atoms in total. The van der Waals surface area contributed by atoms with Gasteiger partial charge in [-0.05, 0) is 10.4 Å². The van der Waals surface area contributed by atoms with Crippen LogP contribution in [0.15, 0.2) is 6.33 Å². The fraction of sp³-hybridized carbons (Fsp3) is 0.600. The lowest BCUT2D eigenvalue weighted by molar-refractivity contribution is -0.119. The van der Waals surface area contributed by atoms with Gasteiger partial charge in [0.25, 0.3) is 0 Å². The molecule has 54 valence electrons. The molecule has 0 unspecified atom stereocenters. The molecule has 1 aromatic rings. The highest BCUT2D eigenvalue weighted by Gasteiger charge is 1.98. The number of carbonyl (C=O) groups is 1. The quantitative estimate of drug-likeness (QED) is 0.575. The highest BCUT2D eigenvalue weighted by molar-refractivity contribution is 5.77. The Labute approximate surface area is 58.0 Å². The van der Waals surface area contributed by atoms with Crippen LogP contribution in [0.1, 0.15) is 13.3 Å². The van der Waals surface area contributed by atoms with E-state index in [-0.39, 0.29) is 12.3 Å². The molecule has 0 aromatic carbocycles. The lowest BCUT2D eigenvalue weighted by Gasteiger charge is -1.92. The van der Waals surface area contributed by atoms with Crippen LogP contribution in [0.2, 0.25) is 0 Å². The fourth-order valence-corrected chi connectivity index (χ4v) is 0.545. The zero-order chi connectivity index (χ0) is 7.40. The van der Waals surface area contributed by atoms with Gasteiger partial charge in [0.1, 0.15) is 12.9 Å².